The predicted octanol–water partition coefficient (Wildman–Crippen LogP) is 4.67. The minimum atomic E-state index is -0.0323. The zero-order valence-electron chi connectivity index (χ0n) is 17.8. The van der Waals surface area contributed by atoms with Gasteiger partial charge in [0.1, 0.15) is 18.1 Å². The predicted molar refractivity (Wildman–Crippen MR) is 123 cm³/mol. The summed E-state index contributed by atoms with van der Waals surface area (Å²) in [5.74, 6) is 1.62. The zero-order valence-corrected chi connectivity index (χ0v) is 17.8. The summed E-state index contributed by atoms with van der Waals surface area (Å²) >= 11 is 0. The molecule has 0 spiro atoms. The van der Waals surface area contributed by atoms with E-state index in [0.29, 0.717) is 12.2 Å². The van der Waals surface area contributed by atoms with E-state index in [-0.39, 0.29) is 11.9 Å². The Morgan fingerprint density at radius 2 is 1.58 bits per heavy atom. The van der Waals surface area contributed by atoms with Crippen molar-refractivity contribution in [2.24, 2.45) is 0 Å². The fraction of sp³-hybridized carbons (Fsp3) is 0.269. The maximum atomic E-state index is 13.0. The molecule has 1 aliphatic heterocycles. The highest BCUT2D eigenvalue weighted by molar-refractivity contribution is 5.95. The Bertz CT molecular complexity index is 981. The van der Waals surface area contributed by atoms with Crippen molar-refractivity contribution in [2.75, 3.05) is 25.1 Å². The highest BCUT2D eigenvalue weighted by atomic mass is 16.5. The third kappa shape index (κ3) is 5.37. The fourth-order valence-corrected chi connectivity index (χ4v) is 3.88. The second-order valence-corrected chi connectivity index (χ2v) is 7.69. The molecule has 3 aromatic carbocycles. The lowest BCUT2D eigenvalue weighted by Crippen LogP contribution is -2.44. The Labute approximate surface area is 183 Å². The normalized spacial score (nSPS) is 14.2. The Balaban J connectivity index is 1.32. The quantitative estimate of drug-likeness (QED) is 0.608. The van der Waals surface area contributed by atoms with Gasteiger partial charge in [-0.3, -0.25) is 4.79 Å². The lowest BCUT2D eigenvalue weighted by Gasteiger charge is -2.34. The molecular weight excluding hydrogens is 388 g/mol. The molecule has 1 N–H and O–H groups in total. The molecule has 1 amide bonds. The van der Waals surface area contributed by atoms with E-state index in [1.54, 1.807) is 7.11 Å². The van der Waals surface area contributed by atoms with Crippen LogP contribution in [0.25, 0.3) is 0 Å². The molecule has 0 atom stereocenters. The number of carbonyl (C=O) groups is 1. The van der Waals surface area contributed by atoms with Crippen molar-refractivity contribution in [1.82, 2.24) is 5.32 Å². The number of carbonyl (C=O) groups excluding carboxylic acids is 1. The molecule has 3 aromatic rings. The number of nitrogens with one attached hydrogen (secondary N) is 1. The molecule has 1 aliphatic rings. The molecule has 0 bridgehead atoms. The third-order valence-corrected chi connectivity index (χ3v) is 5.67. The average molecular weight is 417 g/mol. The molecule has 31 heavy (non-hydrogen) atoms. The van der Waals surface area contributed by atoms with Gasteiger partial charge in [-0.2, -0.15) is 0 Å². The minimum Gasteiger partial charge on any atom is -0.497 e. The number of piperidine rings is 1. The van der Waals surface area contributed by atoms with Gasteiger partial charge in [-0.05, 0) is 55.3 Å². The number of amides is 1. The molecular formula is C26H28N2O3. The van der Waals surface area contributed by atoms with Crippen LogP contribution in [0.15, 0.2) is 78.9 Å². The monoisotopic (exact) mass is 416 g/mol. The van der Waals surface area contributed by atoms with Gasteiger partial charge in [0.05, 0.1) is 7.11 Å². The van der Waals surface area contributed by atoms with Gasteiger partial charge < -0.3 is 19.7 Å². The van der Waals surface area contributed by atoms with Crippen LogP contribution in [0.1, 0.15) is 28.8 Å². The molecule has 0 saturated carbocycles. The zero-order chi connectivity index (χ0) is 21.5. The summed E-state index contributed by atoms with van der Waals surface area (Å²) in [5.41, 5.74) is 2.75. The maximum Gasteiger partial charge on any atom is 0.251 e. The second kappa shape index (κ2) is 10.0. The van der Waals surface area contributed by atoms with Gasteiger partial charge in [-0.15, -0.1) is 0 Å². The molecule has 1 heterocycles. The van der Waals surface area contributed by atoms with E-state index in [9.17, 15) is 4.79 Å². The van der Waals surface area contributed by atoms with E-state index in [4.69, 9.17) is 9.47 Å². The molecule has 0 unspecified atom stereocenters. The Hall–Kier alpha value is -3.47. The molecule has 0 aromatic heterocycles. The first-order chi connectivity index (χ1) is 15.2. The van der Waals surface area contributed by atoms with Crippen LogP contribution >= 0.6 is 0 Å². The molecule has 0 radical (unpaired) electrons. The van der Waals surface area contributed by atoms with Gasteiger partial charge in [0.15, 0.2) is 0 Å². The Morgan fingerprint density at radius 3 is 2.29 bits per heavy atom. The number of nitrogens with zero attached hydrogens (tertiary/aromatic N) is 1. The van der Waals surface area contributed by atoms with Crippen LogP contribution < -0.4 is 19.7 Å². The van der Waals surface area contributed by atoms with Crippen LogP contribution in [0.2, 0.25) is 0 Å². The maximum absolute atomic E-state index is 13.0. The van der Waals surface area contributed by atoms with Crippen molar-refractivity contribution in [3.63, 3.8) is 0 Å². The van der Waals surface area contributed by atoms with Crippen molar-refractivity contribution in [3.05, 3.63) is 90.0 Å². The molecule has 5 nitrogen and oxygen atoms in total. The van der Waals surface area contributed by atoms with Crippen molar-refractivity contribution in [1.29, 1.82) is 0 Å². The number of benzene rings is 3. The highest BCUT2D eigenvalue weighted by Gasteiger charge is 2.22. The topological polar surface area (TPSA) is 50.8 Å². The molecule has 1 fully saturated rings. The van der Waals surface area contributed by atoms with E-state index in [2.05, 4.69) is 22.3 Å². The SMILES string of the molecule is COc1ccc(N2CCC(NC(=O)c3ccccc3COc3ccccc3)CC2)cc1. The lowest BCUT2D eigenvalue weighted by atomic mass is 10.0. The smallest absolute Gasteiger partial charge is 0.251 e. The first kappa shape index (κ1) is 20.8. The van der Waals surface area contributed by atoms with Crippen LogP contribution in [0.3, 0.4) is 0 Å². The second-order valence-electron chi connectivity index (χ2n) is 7.69. The van der Waals surface area contributed by atoms with Gasteiger partial charge in [0.2, 0.25) is 0 Å². The first-order valence-corrected chi connectivity index (χ1v) is 10.7. The summed E-state index contributed by atoms with van der Waals surface area (Å²) < 4.78 is 11.1. The molecule has 1 saturated heterocycles. The summed E-state index contributed by atoms with van der Waals surface area (Å²) in [6.45, 7) is 2.19. The van der Waals surface area contributed by atoms with Crippen molar-refractivity contribution >= 4 is 11.6 Å². The van der Waals surface area contributed by atoms with Gasteiger partial charge in [-0.1, -0.05) is 36.4 Å². The van der Waals surface area contributed by atoms with Gasteiger partial charge >= 0.3 is 0 Å². The average Bonchev–Trinajstić information content (AvgIpc) is 2.84. The minimum absolute atomic E-state index is 0.0323. The number of para-hydroxylation sites is 1. The largest absolute Gasteiger partial charge is 0.497 e. The number of rotatable bonds is 7. The third-order valence-electron chi connectivity index (χ3n) is 5.67. The van der Waals surface area contributed by atoms with Crippen LogP contribution in [-0.2, 0) is 6.61 Å². The van der Waals surface area contributed by atoms with Gasteiger partial charge in [0.25, 0.3) is 5.91 Å². The summed E-state index contributed by atoms with van der Waals surface area (Å²) in [6.07, 6.45) is 1.83. The van der Waals surface area contributed by atoms with Crippen molar-refractivity contribution in [2.45, 2.75) is 25.5 Å². The summed E-state index contributed by atoms with van der Waals surface area (Å²) in [5, 5.41) is 3.22. The summed E-state index contributed by atoms with van der Waals surface area (Å²) in [7, 11) is 1.68. The summed E-state index contributed by atoms with van der Waals surface area (Å²) in [6, 6.07) is 25.6. The molecule has 4 rings (SSSR count). The number of methoxy groups -OCH3 is 1. The van der Waals surface area contributed by atoms with E-state index >= 15 is 0 Å². The summed E-state index contributed by atoms with van der Waals surface area (Å²) in [4.78, 5) is 15.3. The fourth-order valence-electron chi connectivity index (χ4n) is 3.88. The molecule has 5 heteroatoms. The number of hydrogen-bond acceptors (Lipinski definition) is 4. The number of anilines is 1. The van der Waals surface area contributed by atoms with E-state index in [0.717, 1.165) is 43.0 Å². The number of hydrogen-bond donors (Lipinski definition) is 1. The van der Waals surface area contributed by atoms with Gasteiger partial charge in [0, 0.05) is 35.9 Å². The number of ether oxygens (including phenoxy) is 2. The van der Waals surface area contributed by atoms with Gasteiger partial charge in [-0.25, -0.2) is 0 Å². The van der Waals surface area contributed by atoms with Crippen LogP contribution in [-0.4, -0.2) is 32.1 Å². The highest BCUT2D eigenvalue weighted by Crippen LogP contribution is 2.23. The Kier molecular flexibility index (Phi) is 6.72. The first-order valence-electron chi connectivity index (χ1n) is 10.7. The lowest BCUT2D eigenvalue weighted by molar-refractivity contribution is 0.0928. The Morgan fingerprint density at radius 1 is 0.903 bits per heavy atom. The molecule has 160 valence electrons. The van der Waals surface area contributed by atoms with E-state index < -0.39 is 0 Å². The van der Waals surface area contributed by atoms with Crippen LogP contribution in [0.5, 0.6) is 11.5 Å². The molecule has 0 aliphatic carbocycles. The van der Waals surface area contributed by atoms with Crippen molar-refractivity contribution in [3.8, 4) is 11.5 Å². The standard InChI is InChI=1S/C26H28N2O3/c1-30-23-13-11-22(12-14-23)28-17-15-21(16-18-28)27-26(29)25-10-6-5-7-20(25)19-31-24-8-3-2-4-9-24/h2-14,21H,15-19H2,1H3,(H,27,29). The van der Waals surface area contributed by atoms with Crippen LogP contribution in [0.4, 0.5) is 5.69 Å². The van der Waals surface area contributed by atoms with E-state index in [1.807, 2.05) is 66.7 Å². The van der Waals surface area contributed by atoms with Crippen LogP contribution in [0, 0.1) is 0 Å². The van der Waals surface area contributed by atoms with E-state index in [1.165, 1.54) is 5.69 Å². The van der Waals surface area contributed by atoms with Crippen molar-refractivity contribution < 1.29 is 14.3 Å².